The number of halogens is 1. The van der Waals surface area contributed by atoms with Gasteiger partial charge in [0, 0.05) is 0 Å². The van der Waals surface area contributed by atoms with Crippen LogP contribution in [0.4, 0.5) is 0 Å². The maximum absolute atomic E-state index is 11.4. The van der Waals surface area contributed by atoms with Gasteiger partial charge in [0.2, 0.25) is 10.0 Å². The molecule has 2 aliphatic rings. The van der Waals surface area contributed by atoms with Crippen molar-refractivity contribution in [2.45, 2.75) is 12.8 Å². The molecule has 0 aromatic carbocycles. The Morgan fingerprint density at radius 2 is 2.00 bits per heavy atom. The molecule has 2 fully saturated rings. The van der Waals surface area contributed by atoms with Gasteiger partial charge in [-0.15, -0.1) is 12.4 Å². The molecule has 6 heteroatoms. The minimum atomic E-state index is -3.03. The van der Waals surface area contributed by atoms with E-state index in [0.29, 0.717) is 11.8 Å². The molecule has 1 saturated carbocycles. The van der Waals surface area contributed by atoms with Crippen molar-refractivity contribution in [3.63, 3.8) is 0 Å². The second-order valence-corrected chi connectivity index (χ2v) is 6.38. The van der Waals surface area contributed by atoms with E-state index in [2.05, 4.69) is 10.0 Å². The SMILES string of the molecule is CNS(=O)(=O)CC1CNCC1C1CC1.Cl. The summed E-state index contributed by atoms with van der Waals surface area (Å²) in [5, 5.41) is 3.30. The molecular weight excluding hydrogens is 236 g/mol. The zero-order valence-electron chi connectivity index (χ0n) is 8.90. The normalized spacial score (nSPS) is 31.3. The Labute approximate surface area is 97.7 Å². The van der Waals surface area contributed by atoms with Gasteiger partial charge < -0.3 is 5.32 Å². The molecule has 1 heterocycles. The highest BCUT2D eigenvalue weighted by molar-refractivity contribution is 7.89. The summed E-state index contributed by atoms with van der Waals surface area (Å²) in [7, 11) is -1.54. The molecule has 1 aliphatic heterocycles. The quantitative estimate of drug-likeness (QED) is 0.754. The van der Waals surface area contributed by atoms with Gasteiger partial charge in [0.15, 0.2) is 0 Å². The van der Waals surface area contributed by atoms with Gasteiger partial charge in [-0.25, -0.2) is 13.1 Å². The van der Waals surface area contributed by atoms with E-state index in [1.807, 2.05) is 0 Å². The van der Waals surface area contributed by atoms with Crippen LogP contribution in [0.3, 0.4) is 0 Å². The monoisotopic (exact) mass is 254 g/mol. The van der Waals surface area contributed by atoms with Crippen LogP contribution in [0.15, 0.2) is 0 Å². The van der Waals surface area contributed by atoms with Crippen LogP contribution >= 0.6 is 12.4 Å². The lowest BCUT2D eigenvalue weighted by atomic mass is 9.93. The lowest BCUT2D eigenvalue weighted by Gasteiger charge is -2.17. The Kier molecular flexibility index (Phi) is 4.40. The molecule has 2 N–H and O–H groups in total. The molecule has 15 heavy (non-hydrogen) atoms. The minimum Gasteiger partial charge on any atom is -0.316 e. The van der Waals surface area contributed by atoms with Crippen molar-refractivity contribution in [1.29, 1.82) is 0 Å². The van der Waals surface area contributed by atoms with Crippen LogP contribution in [0.2, 0.25) is 0 Å². The van der Waals surface area contributed by atoms with E-state index in [1.54, 1.807) is 0 Å². The van der Waals surface area contributed by atoms with Gasteiger partial charge in [0.05, 0.1) is 5.75 Å². The Morgan fingerprint density at radius 1 is 1.33 bits per heavy atom. The summed E-state index contributed by atoms with van der Waals surface area (Å²) >= 11 is 0. The van der Waals surface area contributed by atoms with Gasteiger partial charge in [-0.3, -0.25) is 0 Å². The molecule has 0 spiro atoms. The average molecular weight is 255 g/mol. The van der Waals surface area contributed by atoms with Crippen LogP contribution in [-0.4, -0.2) is 34.3 Å². The highest BCUT2D eigenvalue weighted by atomic mass is 35.5. The molecule has 0 aromatic heterocycles. The number of sulfonamides is 1. The highest BCUT2D eigenvalue weighted by Gasteiger charge is 2.40. The molecule has 2 rings (SSSR count). The Morgan fingerprint density at radius 3 is 2.53 bits per heavy atom. The molecule has 1 saturated heterocycles. The Bertz CT molecular complexity index is 303. The summed E-state index contributed by atoms with van der Waals surface area (Å²) in [4.78, 5) is 0. The van der Waals surface area contributed by atoms with Gasteiger partial charge in [-0.05, 0) is 50.7 Å². The van der Waals surface area contributed by atoms with Gasteiger partial charge in [-0.1, -0.05) is 0 Å². The largest absolute Gasteiger partial charge is 0.316 e. The molecule has 4 nitrogen and oxygen atoms in total. The number of hydrogen-bond acceptors (Lipinski definition) is 3. The van der Waals surface area contributed by atoms with E-state index in [-0.39, 0.29) is 18.2 Å². The van der Waals surface area contributed by atoms with Crippen LogP contribution in [0.1, 0.15) is 12.8 Å². The second-order valence-electron chi connectivity index (χ2n) is 4.41. The molecular formula is C9H19ClN2O2S. The summed E-state index contributed by atoms with van der Waals surface area (Å²) in [5.74, 6) is 2.00. The third-order valence-electron chi connectivity index (χ3n) is 3.36. The predicted octanol–water partition coefficient (Wildman–Crippen LogP) is 0.203. The van der Waals surface area contributed by atoms with Crippen molar-refractivity contribution < 1.29 is 8.42 Å². The second kappa shape index (κ2) is 4.99. The maximum atomic E-state index is 11.4. The van der Waals surface area contributed by atoms with E-state index in [1.165, 1.54) is 19.9 Å². The first-order chi connectivity index (χ1) is 6.62. The van der Waals surface area contributed by atoms with Gasteiger partial charge in [-0.2, -0.15) is 0 Å². The van der Waals surface area contributed by atoms with E-state index in [4.69, 9.17) is 0 Å². The zero-order valence-corrected chi connectivity index (χ0v) is 10.5. The Balaban J connectivity index is 0.00000112. The van der Waals surface area contributed by atoms with Crippen molar-refractivity contribution >= 4 is 22.4 Å². The molecule has 1 aliphatic carbocycles. The van der Waals surface area contributed by atoms with Crippen LogP contribution in [-0.2, 0) is 10.0 Å². The molecule has 2 atom stereocenters. The topological polar surface area (TPSA) is 58.2 Å². The number of hydrogen-bond donors (Lipinski definition) is 2. The summed E-state index contributed by atoms with van der Waals surface area (Å²) < 4.78 is 25.2. The maximum Gasteiger partial charge on any atom is 0.211 e. The summed E-state index contributed by atoms with van der Waals surface area (Å²) in [5.41, 5.74) is 0. The van der Waals surface area contributed by atoms with Crippen LogP contribution in [0, 0.1) is 17.8 Å². The lowest BCUT2D eigenvalue weighted by molar-refractivity contribution is 0.400. The van der Waals surface area contributed by atoms with Crippen LogP contribution < -0.4 is 10.0 Å². The summed E-state index contributed by atoms with van der Waals surface area (Å²) in [6.45, 7) is 1.87. The molecule has 0 amide bonds. The van der Waals surface area contributed by atoms with E-state index < -0.39 is 10.0 Å². The smallest absolute Gasteiger partial charge is 0.211 e. The van der Waals surface area contributed by atoms with Crippen LogP contribution in [0.5, 0.6) is 0 Å². The molecule has 2 unspecified atom stereocenters. The Hall–Kier alpha value is 0.160. The number of nitrogens with one attached hydrogen (secondary N) is 2. The van der Waals surface area contributed by atoms with E-state index in [0.717, 1.165) is 19.0 Å². The van der Waals surface area contributed by atoms with E-state index >= 15 is 0 Å². The van der Waals surface area contributed by atoms with E-state index in [9.17, 15) is 8.42 Å². The van der Waals surface area contributed by atoms with Crippen molar-refractivity contribution in [1.82, 2.24) is 10.0 Å². The predicted molar refractivity (Wildman–Crippen MR) is 62.7 cm³/mol. The highest BCUT2D eigenvalue weighted by Crippen LogP contribution is 2.42. The summed E-state index contributed by atoms with van der Waals surface area (Å²) in [6, 6.07) is 0. The minimum absolute atomic E-state index is 0. The summed E-state index contributed by atoms with van der Waals surface area (Å²) in [6.07, 6.45) is 2.59. The third-order valence-corrected chi connectivity index (χ3v) is 4.85. The van der Waals surface area contributed by atoms with Crippen LogP contribution in [0.25, 0.3) is 0 Å². The lowest BCUT2D eigenvalue weighted by Crippen LogP contribution is -2.30. The van der Waals surface area contributed by atoms with Crippen molar-refractivity contribution in [2.75, 3.05) is 25.9 Å². The fraction of sp³-hybridized carbons (Fsp3) is 1.00. The molecule has 0 radical (unpaired) electrons. The fourth-order valence-corrected chi connectivity index (χ4v) is 3.47. The molecule has 90 valence electrons. The van der Waals surface area contributed by atoms with Gasteiger partial charge >= 0.3 is 0 Å². The first-order valence-electron chi connectivity index (χ1n) is 5.24. The zero-order chi connectivity index (χ0) is 10.2. The average Bonchev–Trinajstić information content (AvgIpc) is 2.88. The van der Waals surface area contributed by atoms with Crippen molar-refractivity contribution in [3.05, 3.63) is 0 Å². The standard InChI is InChI=1S/C9H18N2O2S.ClH/c1-10-14(12,13)6-8-4-11-5-9(8)7-2-3-7;/h7-11H,2-6H2,1H3;1H. The molecule has 0 bridgehead atoms. The van der Waals surface area contributed by atoms with Gasteiger partial charge in [0.1, 0.15) is 0 Å². The fourth-order valence-electron chi connectivity index (χ4n) is 2.38. The van der Waals surface area contributed by atoms with Crippen molar-refractivity contribution in [2.24, 2.45) is 17.8 Å². The first-order valence-corrected chi connectivity index (χ1v) is 6.89. The van der Waals surface area contributed by atoms with Gasteiger partial charge in [0.25, 0.3) is 0 Å². The van der Waals surface area contributed by atoms with Crippen molar-refractivity contribution in [3.8, 4) is 0 Å². The third kappa shape index (κ3) is 3.31. The number of rotatable bonds is 4. The first kappa shape index (κ1) is 13.2. The molecule has 0 aromatic rings.